The SMILES string of the molecule is CC.CC(C)N1CC2(CCOCC2)c2ccccc21. The molecule has 0 atom stereocenters. The molecule has 2 heterocycles. The van der Waals surface area contributed by atoms with Crippen molar-refractivity contribution in [3.8, 4) is 0 Å². The highest BCUT2D eigenvalue weighted by molar-refractivity contribution is 5.63. The molecule has 0 aliphatic carbocycles. The van der Waals surface area contributed by atoms with Gasteiger partial charge >= 0.3 is 0 Å². The lowest BCUT2D eigenvalue weighted by Gasteiger charge is -2.35. The summed E-state index contributed by atoms with van der Waals surface area (Å²) >= 11 is 0. The molecule has 2 nitrogen and oxygen atoms in total. The maximum Gasteiger partial charge on any atom is 0.0475 e. The highest BCUT2D eigenvalue weighted by atomic mass is 16.5. The Balaban J connectivity index is 0.000000637. The van der Waals surface area contributed by atoms with Crippen LogP contribution in [0.1, 0.15) is 46.1 Å². The fraction of sp³-hybridized carbons (Fsp3) is 0.647. The molecule has 1 aromatic carbocycles. The third kappa shape index (κ3) is 2.51. The molecule has 1 aromatic rings. The van der Waals surface area contributed by atoms with Crippen LogP contribution >= 0.6 is 0 Å². The lowest BCUT2D eigenvalue weighted by Crippen LogP contribution is -2.40. The average molecular weight is 261 g/mol. The van der Waals surface area contributed by atoms with E-state index in [0.29, 0.717) is 11.5 Å². The van der Waals surface area contributed by atoms with Crippen molar-refractivity contribution in [1.82, 2.24) is 0 Å². The fourth-order valence-electron chi connectivity index (χ4n) is 3.32. The van der Waals surface area contributed by atoms with Gasteiger partial charge < -0.3 is 9.64 Å². The van der Waals surface area contributed by atoms with E-state index < -0.39 is 0 Å². The van der Waals surface area contributed by atoms with Gasteiger partial charge in [-0.3, -0.25) is 0 Å². The molecule has 0 radical (unpaired) electrons. The van der Waals surface area contributed by atoms with Gasteiger partial charge in [0.2, 0.25) is 0 Å². The van der Waals surface area contributed by atoms with Gasteiger partial charge in [-0.25, -0.2) is 0 Å². The molecule has 106 valence electrons. The first-order chi connectivity index (χ1) is 9.23. The first kappa shape index (κ1) is 14.4. The average Bonchev–Trinajstić information content (AvgIpc) is 2.78. The topological polar surface area (TPSA) is 12.5 Å². The second-order valence-corrected chi connectivity index (χ2v) is 5.63. The first-order valence-electron chi connectivity index (χ1n) is 7.67. The van der Waals surface area contributed by atoms with E-state index in [0.717, 1.165) is 13.2 Å². The minimum Gasteiger partial charge on any atom is -0.381 e. The molecule has 19 heavy (non-hydrogen) atoms. The summed E-state index contributed by atoms with van der Waals surface area (Å²) in [4.78, 5) is 2.56. The van der Waals surface area contributed by atoms with Crippen molar-refractivity contribution in [2.24, 2.45) is 0 Å². The third-order valence-electron chi connectivity index (χ3n) is 4.33. The number of para-hydroxylation sites is 1. The minimum atomic E-state index is 0.360. The van der Waals surface area contributed by atoms with Gasteiger partial charge in [0, 0.05) is 36.9 Å². The summed E-state index contributed by atoms with van der Waals surface area (Å²) in [5.74, 6) is 0. The van der Waals surface area contributed by atoms with Gasteiger partial charge in [0.25, 0.3) is 0 Å². The van der Waals surface area contributed by atoms with E-state index in [-0.39, 0.29) is 0 Å². The van der Waals surface area contributed by atoms with Crippen molar-refractivity contribution in [2.45, 2.75) is 52.0 Å². The predicted octanol–water partition coefficient (Wildman–Crippen LogP) is 3.99. The molecule has 0 unspecified atom stereocenters. The monoisotopic (exact) mass is 261 g/mol. The summed E-state index contributed by atoms with van der Waals surface area (Å²) < 4.78 is 5.55. The summed E-state index contributed by atoms with van der Waals surface area (Å²) in [6, 6.07) is 9.52. The summed E-state index contributed by atoms with van der Waals surface area (Å²) in [5, 5.41) is 0. The molecule has 2 heteroatoms. The summed E-state index contributed by atoms with van der Waals surface area (Å²) in [6.45, 7) is 11.6. The van der Waals surface area contributed by atoms with E-state index in [1.165, 1.54) is 25.1 Å². The van der Waals surface area contributed by atoms with Crippen LogP contribution in [0.4, 0.5) is 5.69 Å². The number of benzene rings is 1. The van der Waals surface area contributed by atoms with Gasteiger partial charge in [0.1, 0.15) is 0 Å². The maximum absolute atomic E-state index is 5.55. The van der Waals surface area contributed by atoms with Crippen LogP contribution in [0.2, 0.25) is 0 Å². The number of anilines is 1. The van der Waals surface area contributed by atoms with Crippen molar-refractivity contribution in [3.05, 3.63) is 29.8 Å². The maximum atomic E-state index is 5.55. The lowest BCUT2D eigenvalue weighted by atomic mass is 9.76. The van der Waals surface area contributed by atoms with Crippen LogP contribution < -0.4 is 4.90 Å². The van der Waals surface area contributed by atoms with Crippen LogP contribution in [0.15, 0.2) is 24.3 Å². The van der Waals surface area contributed by atoms with Crippen LogP contribution in [0, 0.1) is 0 Å². The predicted molar refractivity (Wildman–Crippen MR) is 82.0 cm³/mol. The number of ether oxygens (including phenoxy) is 1. The van der Waals surface area contributed by atoms with Crippen LogP contribution in [-0.2, 0) is 10.2 Å². The Morgan fingerprint density at radius 1 is 1.11 bits per heavy atom. The smallest absolute Gasteiger partial charge is 0.0475 e. The van der Waals surface area contributed by atoms with Crippen LogP contribution in [-0.4, -0.2) is 25.8 Å². The number of hydrogen-bond acceptors (Lipinski definition) is 2. The third-order valence-corrected chi connectivity index (χ3v) is 4.33. The van der Waals surface area contributed by atoms with Crippen molar-refractivity contribution in [3.63, 3.8) is 0 Å². The Bertz CT molecular complexity index is 407. The lowest BCUT2D eigenvalue weighted by molar-refractivity contribution is 0.0551. The zero-order valence-corrected chi connectivity index (χ0v) is 12.8. The molecule has 2 aliphatic rings. The Labute approximate surface area is 117 Å². The number of fused-ring (bicyclic) bond motifs is 2. The molecule has 1 spiro atoms. The van der Waals surface area contributed by atoms with Gasteiger partial charge in [-0.05, 0) is 38.3 Å². The van der Waals surface area contributed by atoms with Gasteiger partial charge in [0.15, 0.2) is 0 Å². The zero-order chi connectivity index (χ0) is 13.9. The second-order valence-electron chi connectivity index (χ2n) is 5.63. The molecule has 0 bridgehead atoms. The van der Waals surface area contributed by atoms with Gasteiger partial charge in [-0.15, -0.1) is 0 Å². The second kappa shape index (κ2) is 5.96. The number of rotatable bonds is 1. The Kier molecular flexibility index (Phi) is 4.51. The minimum absolute atomic E-state index is 0.360. The van der Waals surface area contributed by atoms with E-state index in [4.69, 9.17) is 4.74 Å². The quantitative estimate of drug-likeness (QED) is 0.758. The molecule has 2 aliphatic heterocycles. The van der Waals surface area contributed by atoms with E-state index in [2.05, 4.69) is 43.0 Å². The summed E-state index contributed by atoms with van der Waals surface area (Å²) in [6.07, 6.45) is 2.35. The van der Waals surface area contributed by atoms with Crippen molar-refractivity contribution in [1.29, 1.82) is 0 Å². The van der Waals surface area contributed by atoms with Crippen LogP contribution in [0.5, 0.6) is 0 Å². The summed E-state index contributed by atoms with van der Waals surface area (Å²) in [5.41, 5.74) is 3.36. The normalized spacial score (nSPS) is 20.2. The molecule has 0 aromatic heterocycles. The Morgan fingerprint density at radius 3 is 2.37 bits per heavy atom. The van der Waals surface area contributed by atoms with Crippen molar-refractivity contribution in [2.75, 3.05) is 24.7 Å². The standard InChI is InChI=1S/C15H21NO.C2H6/c1-12(2)16-11-15(7-9-17-10-8-15)13-5-3-4-6-14(13)16;1-2/h3-6,12H,7-11H2,1-2H3;1-2H3. The van der Waals surface area contributed by atoms with Crippen LogP contribution in [0.3, 0.4) is 0 Å². The highest BCUT2D eigenvalue weighted by Crippen LogP contribution is 2.47. The van der Waals surface area contributed by atoms with Gasteiger partial charge in [-0.1, -0.05) is 32.0 Å². The first-order valence-corrected chi connectivity index (χ1v) is 7.67. The Hall–Kier alpha value is -1.02. The molecule has 0 saturated carbocycles. The van der Waals surface area contributed by atoms with Crippen LogP contribution in [0.25, 0.3) is 0 Å². The molecular formula is C17H27NO. The number of nitrogens with zero attached hydrogens (tertiary/aromatic N) is 1. The zero-order valence-electron chi connectivity index (χ0n) is 12.8. The highest BCUT2D eigenvalue weighted by Gasteiger charge is 2.43. The van der Waals surface area contributed by atoms with E-state index in [9.17, 15) is 0 Å². The molecule has 1 saturated heterocycles. The molecule has 1 fully saturated rings. The van der Waals surface area contributed by atoms with E-state index >= 15 is 0 Å². The van der Waals surface area contributed by atoms with Crippen molar-refractivity contribution < 1.29 is 4.74 Å². The Morgan fingerprint density at radius 2 is 1.74 bits per heavy atom. The number of hydrogen-bond donors (Lipinski definition) is 0. The van der Waals surface area contributed by atoms with Gasteiger partial charge in [0.05, 0.1) is 0 Å². The van der Waals surface area contributed by atoms with E-state index in [1.54, 1.807) is 5.56 Å². The molecule has 0 N–H and O–H groups in total. The van der Waals surface area contributed by atoms with E-state index in [1.807, 2.05) is 13.8 Å². The molecular weight excluding hydrogens is 234 g/mol. The fourth-order valence-corrected chi connectivity index (χ4v) is 3.32. The largest absolute Gasteiger partial charge is 0.381 e. The van der Waals surface area contributed by atoms with Crippen molar-refractivity contribution >= 4 is 5.69 Å². The summed E-state index contributed by atoms with van der Waals surface area (Å²) in [7, 11) is 0. The molecule has 0 amide bonds. The molecule has 3 rings (SSSR count). The van der Waals surface area contributed by atoms with Gasteiger partial charge in [-0.2, -0.15) is 0 Å².